The van der Waals surface area contributed by atoms with E-state index in [1.807, 2.05) is 0 Å². The average Bonchev–Trinajstić information content (AvgIpc) is 2.32. The van der Waals surface area contributed by atoms with Crippen molar-refractivity contribution in [1.82, 2.24) is 0 Å². The maximum absolute atomic E-state index is 13.3. The summed E-state index contributed by atoms with van der Waals surface area (Å²) in [6, 6.07) is 11.4. The number of Topliss-reactive ketones (excluding diaryl/α,β-unsaturated/α-hetero) is 1. The Morgan fingerprint density at radius 2 is 1.59 bits per heavy atom. The normalized spacial score (nSPS) is 10.2. The Labute approximate surface area is 97.7 Å². The van der Waals surface area contributed by atoms with Crippen molar-refractivity contribution >= 4 is 5.78 Å². The van der Waals surface area contributed by atoms with E-state index in [-0.39, 0.29) is 23.6 Å². The van der Waals surface area contributed by atoms with Crippen molar-refractivity contribution in [3.8, 4) is 0 Å². The maximum atomic E-state index is 13.3. The van der Waals surface area contributed by atoms with Gasteiger partial charge in [0.1, 0.15) is 11.6 Å². The molecule has 0 aromatic heterocycles. The molecule has 0 aliphatic rings. The van der Waals surface area contributed by atoms with Crippen LogP contribution in [-0.2, 0) is 6.42 Å². The highest BCUT2D eigenvalue weighted by atomic mass is 19.1. The zero-order chi connectivity index (χ0) is 12.3. The second-order valence-electron chi connectivity index (χ2n) is 3.71. The van der Waals surface area contributed by atoms with Crippen molar-refractivity contribution in [3.05, 3.63) is 71.3 Å². The summed E-state index contributed by atoms with van der Waals surface area (Å²) >= 11 is 0. The number of carbonyl (C=O) groups is 1. The molecule has 0 unspecified atom stereocenters. The largest absolute Gasteiger partial charge is 0.294 e. The van der Waals surface area contributed by atoms with E-state index in [0.29, 0.717) is 5.56 Å². The fourth-order valence-electron chi connectivity index (χ4n) is 1.57. The number of ketones is 1. The van der Waals surface area contributed by atoms with Gasteiger partial charge in [-0.1, -0.05) is 24.3 Å². The van der Waals surface area contributed by atoms with Gasteiger partial charge >= 0.3 is 0 Å². The first kappa shape index (κ1) is 11.5. The van der Waals surface area contributed by atoms with Crippen molar-refractivity contribution in [3.63, 3.8) is 0 Å². The maximum Gasteiger partial charge on any atom is 0.170 e. The summed E-state index contributed by atoms with van der Waals surface area (Å²) in [5, 5.41) is 0. The highest BCUT2D eigenvalue weighted by Gasteiger charge is 2.11. The van der Waals surface area contributed by atoms with E-state index >= 15 is 0 Å². The third-order valence-corrected chi connectivity index (χ3v) is 2.45. The fraction of sp³-hybridized carbons (Fsp3) is 0.0714. The van der Waals surface area contributed by atoms with E-state index in [0.717, 1.165) is 0 Å². The first-order valence-corrected chi connectivity index (χ1v) is 5.19. The lowest BCUT2D eigenvalue weighted by Crippen LogP contribution is -2.05. The zero-order valence-electron chi connectivity index (χ0n) is 8.99. The van der Waals surface area contributed by atoms with Crippen LogP contribution in [0.25, 0.3) is 0 Å². The Hall–Kier alpha value is -2.03. The first-order valence-electron chi connectivity index (χ1n) is 5.19. The van der Waals surface area contributed by atoms with Gasteiger partial charge in [0.2, 0.25) is 0 Å². The van der Waals surface area contributed by atoms with Crippen LogP contribution in [0.2, 0.25) is 0 Å². The zero-order valence-corrected chi connectivity index (χ0v) is 8.99. The summed E-state index contributed by atoms with van der Waals surface area (Å²) in [5.74, 6) is -1.19. The van der Waals surface area contributed by atoms with Crippen LogP contribution in [0.15, 0.2) is 48.5 Å². The molecule has 0 fully saturated rings. The van der Waals surface area contributed by atoms with Crippen molar-refractivity contribution < 1.29 is 13.6 Å². The van der Waals surface area contributed by atoms with E-state index in [2.05, 4.69) is 0 Å². The smallest absolute Gasteiger partial charge is 0.170 e. The summed E-state index contributed by atoms with van der Waals surface area (Å²) in [4.78, 5) is 11.8. The van der Waals surface area contributed by atoms with Crippen molar-refractivity contribution in [2.45, 2.75) is 6.42 Å². The monoisotopic (exact) mass is 232 g/mol. The lowest BCUT2D eigenvalue weighted by Gasteiger charge is -2.02. The SMILES string of the molecule is O=C(Cc1ccc(F)cc1)c1ccccc1F. The van der Waals surface area contributed by atoms with Crippen molar-refractivity contribution in [2.75, 3.05) is 0 Å². The number of halogens is 2. The number of hydrogen-bond acceptors (Lipinski definition) is 1. The first-order chi connectivity index (χ1) is 8.16. The van der Waals surface area contributed by atoms with Crippen LogP contribution in [0.3, 0.4) is 0 Å². The van der Waals surface area contributed by atoms with E-state index in [1.165, 1.54) is 42.5 Å². The van der Waals surface area contributed by atoms with Crippen LogP contribution in [0, 0.1) is 11.6 Å². The molecule has 0 N–H and O–H groups in total. The summed E-state index contributed by atoms with van der Waals surface area (Å²) < 4.78 is 26.0. The molecule has 0 spiro atoms. The van der Waals surface area contributed by atoms with Gasteiger partial charge in [-0.05, 0) is 29.8 Å². The molecule has 2 aromatic carbocycles. The Balaban J connectivity index is 2.17. The Kier molecular flexibility index (Phi) is 3.28. The number of carbonyl (C=O) groups excluding carboxylic acids is 1. The van der Waals surface area contributed by atoms with Crippen LogP contribution in [0.4, 0.5) is 8.78 Å². The summed E-state index contributed by atoms with van der Waals surface area (Å²) in [6.45, 7) is 0. The third kappa shape index (κ3) is 2.75. The minimum Gasteiger partial charge on any atom is -0.294 e. The molecule has 1 nitrogen and oxygen atoms in total. The topological polar surface area (TPSA) is 17.1 Å². The number of hydrogen-bond donors (Lipinski definition) is 0. The Bertz CT molecular complexity index is 532. The molecular formula is C14H10F2O. The number of rotatable bonds is 3. The van der Waals surface area contributed by atoms with Crippen LogP contribution in [-0.4, -0.2) is 5.78 Å². The molecule has 0 radical (unpaired) electrons. The second kappa shape index (κ2) is 4.87. The van der Waals surface area contributed by atoms with Crippen LogP contribution in [0.5, 0.6) is 0 Å². The van der Waals surface area contributed by atoms with Crippen LogP contribution < -0.4 is 0 Å². The highest BCUT2D eigenvalue weighted by Crippen LogP contribution is 2.11. The predicted molar refractivity (Wildman–Crippen MR) is 60.8 cm³/mol. The van der Waals surface area contributed by atoms with E-state index in [9.17, 15) is 13.6 Å². The molecule has 2 rings (SSSR count). The quantitative estimate of drug-likeness (QED) is 0.741. The molecule has 0 aliphatic carbocycles. The molecule has 86 valence electrons. The van der Waals surface area contributed by atoms with Gasteiger partial charge in [-0.3, -0.25) is 4.79 Å². The van der Waals surface area contributed by atoms with Gasteiger partial charge in [0.15, 0.2) is 5.78 Å². The second-order valence-corrected chi connectivity index (χ2v) is 3.71. The molecule has 0 heterocycles. The summed E-state index contributed by atoms with van der Waals surface area (Å²) in [5.41, 5.74) is 0.733. The number of benzene rings is 2. The standard InChI is InChI=1S/C14H10F2O/c15-11-7-5-10(6-8-11)9-14(17)12-3-1-2-4-13(12)16/h1-8H,9H2. The molecule has 17 heavy (non-hydrogen) atoms. The Morgan fingerprint density at radius 3 is 2.24 bits per heavy atom. The van der Waals surface area contributed by atoms with E-state index in [4.69, 9.17) is 0 Å². The molecule has 0 aliphatic heterocycles. The van der Waals surface area contributed by atoms with Gasteiger partial charge in [0, 0.05) is 6.42 Å². The van der Waals surface area contributed by atoms with Gasteiger partial charge in [-0.25, -0.2) is 8.78 Å². The molecule has 0 saturated carbocycles. The van der Waals surface area contributed by atoms with Gasteiger partial charge in [0.25, 0.3) is 0 Å². The lowest BCUT2D eigenvalue weighted by atomic mass is 10.0. The van der Waals surface area contributed by atoms with Crippen LogP contribution in [0.1, 0.15) is 15.9 Å². The highest BCUT2D eigenvalue weighted by molar-refractivity contribution is 5.97. The van der Waals surface area contributed by atoms with Crippen molar-refractivity contribution in [1.29, 1.82) is 0 Å². The molecule has 0 atom stereocenters. The van der Waals surface area contributed by atoms with E-state index in [1.54, 1.807) is 6.07 Å². The molecule has 3 heteroatoms. The van der Waals surface area contributed by atoms with Gasteiger partial charge in [-0.15, -0.1) is 0 Å². The van der Waals surface area contributed by atoms with E-state index < -0.39 is 5.82 Å². The van der Waals surface area contributed by atoms with Gasteiger partial charge in [0.05, 0.1) is 5.56 Å². The third-order valence-electron chi connectivity index (χ3n) is 2.45. The molecule has 2 aromatic rings. The molecule has 0 bridgehead atoms. The molecule has 0 saturated heterocycles. The predicted octanol–water partition coefficient (Wildman–Crippen LogP) is 3.39. The fourth-order valence-corrected chi connectivity index (χ4v) is 1.57. The van der Waals surface area contributed by atoms with Gasteiger partial charge in [-0.2, -0.15) is 0 Å². The summed E-state index contributed by atoms with van der Waals surface area (Å²) in [7, 11) is 0. The van der Waals surface area contributed by atoms with Crippen LogP contribution >= 0.6 is 0 Å². The molecule has 0 amide bonds. The van der Waals surface area contributed by atoms with Crippen molar-refractivity contribution in [2.24, 2.45) is 0 Å². The molecular weight excluding hydrogens is 222 g/mol. The minimum atomic E-state index is -0.528. The minimum absolute atomic E-state index is 0.0665. The Morgan fingerprint density at radius 1 is 0.941 bits per heavy atom. The lowest BCUT2D eigenvalue weighted by molar-refractivity contribution is 0.0989. The summed E-state index contributed by atoms with van der Waals surface area (Å²) in [6.07, 6.45) is 0.0706. The van der Waals surface area contributed by atoms with Gasteiger partial charge < -0.3 is 0 Å². The average molecular weight is 232 g/mol.